The summed E-state index contributed by atoms with van der Waals surface area (Å²) in [4.78, 5) is 32.3. The van der Waals surface area contributed by atoms with E-state index >= 15 is 0 Å². The second-order valence-corrected chi connectivity index (χ2v) is 8.16. The van der Waals surface area contributed by atoms with Gasteiger partial charge in [-0.3, -0.25) is 19.4 Å². The van der Waals surface area contributed by atoms with E-state index in [2.05, 4.69) is 0 Å². The number of amides is 2. The van der Waals surface area contributed by atoms with Crippen LogP contribution in [0.25, 0.3) is 0 Å². The lowest BCUT2D eigenvalue weighted by Crippen LogP contribution is -2.56. The molecule has 0 saturated carbocycles. The number of rotatable bonds is 5. The third kappa shape index (κ3) is 4.01. The first-order chi connectivity index (χ1) is 15.4. The SMILES string of the molecule is COc1ccccc1N1CC(=O)N(c2ccc(Cl)cc2)[C@H](c2ccc(N(C)C)cc2)C1=O. The van der Waals surface area contributed by atoms with Crippen molar-refractivity contribution in [1.82, 2.24) is 0 Å². The molecule has 32 heavy (non-hydrogen) atoms. The second-order valence-electron chi connectivity index (χ2n) is 7.72. The lowest BCUT2D eigenvalue weighted by molar-refractivity contribution is -0.128. The lowest BCUT2D eigenvalue weighted by atomic mass is 9.99. The Kier molecular flexibility index (Phi) is 6.06. The second kappa shape index (κ2) is 8.93. The van der Waals surface area contributed by atoms with Gasteiger partial charge in [-0.15, -0.1) is 0 Å². The normalized spacial score (nSPS) is 16.3. The van der Waals surface area contributed by atoms with Crippen molar-refractivity contribution in [3.63, 3.8) is 0 Å². The van der Waals surface area contributed by atoms with Crippen molar-refractivity contribution in [2.24, 2.45) is 0 Å². The van der Waals surface area contributed by atoms with Gasteiger partial charge in [-0.1, -0.05) is 35.9 Å². The predicted octanol–water partition coefficient (Wildman–Crippen LogP) is 4.54. The molecule has 1 fully saturated rings. The van der Waals surface area contributed by atoms with Gasteiger partial charge in [0, 0.05) is 30.5 Å². The molecule has 7 heteroatoms. The van der Waals surface area contributed by atoms with E-state index in [0.717, 1.165) is 11.3 Å². The first kappa shape index (κ1) is 21.7. The Labute approximate surface area is 192 Å². The summed E-state index contributed by atoms with van der Waals surface area (Å²) in [6.07, 6.45) is 0. The van der Waals surface area contributed by atoms with Crippen molar-refractivity contribution < 1.29 is 14.3 Å². The molecule has 0 radical (unpaired) electrons. The quantitative estimate of drug-likeness (QED) is 0.574. The maximum Gasteiger partial charge on any atom is 0.255 e. The average molecular weight is 450 g/mol. The number of hydrogen-bond acceptors (Lipinski definition) is 4. The number of carbonyl (C=O) groups excluding carboxylic acids is 2. The van der Waals surface area contributed by atoms with Crippen molar-refractivity contribution in [3.05, 3.63) is 83.4 Å². The summed E-state index contributed by atoms with van der Waals surface area (Å²) in [5.74, 6) is 0.136. The highest BCUT2D eigenvalue weighted by Crippen LogP contribution is 2.38. The Morgan fingerprint density at radius 1 is 0.938 bits per heavy atom. The molecule has 0 N–H and O–H groups in total. The van der Waals surface area contributed by atoms with Gasteiger partial charge in [-0.2, -0.15) is 0 Å². The van der Waals surface area contributed by atoms with Crippen LogP contribution in [0.1, 0.15) is 11.6 Å². The molecule has 0 bridgehead atoms. The first-order valence-electron chi connectivity index (χ1n) is 10.2. The molecule has 6 nitrogen and oxygen atoms in total. The summed E-state index contributed by atoms with van der Waals surface area (Å²) < 4.78 is 5.45. The van der Waals surface area contributed by atoms with Gasteiger partial charge < -0.3 is 9.64 Å². The van der Waals surface area contributed by atoms with Crippen LogP contribution in [0.5, 0.6) is 5.75 Å². The highest BCUT2D eigenvalue weighted by atomic mass is 35.5. The number of nitrogens with zero attached hydrogens (tertiary/aromatic N) is 3. The third-order valence-corrected chi connectivity index (χ3v) is 5.78. The minimum absolute atomic E-state index is 0.0892. The van der Waals surface area contributed by atoms with E-state index in [1.165, 1.54) is 4.90 Å². The lowest BCUT2D eigenvalue weighted by Gasteiger charge is -2.40. The standard InChI is InChI=1S/C25H24ClN3O3/c1-27(2)19-12-8-17(9-13-19)24-25(31)28(21-6-4-5-7-22(21)32-3)16-23(30)29(24)20-14-10-18(26)11-15-20/h4-15,24H,16H2,1-3H3/t24-/m1/s1. The molecule has 0 aromatic heterocycles. The highest BCUT2D eigenvalue weighted by Gasteiger charge is 2.42. The largest absolute Gasteiger partial charge is 0.495 e. The fraction of sp³-hybridized carbons (Fsp3) is 0.200. The molecule has 1 heterocycles. The number of benzene rings is 3. The van der Waals surface area contributed by atoms with Gasteiger partial charge in [0.25, 0.3) is 5.91 Å². The van der Waals surface area contributed by atoms with E-state index in [1.807, 2.05) is 55.4 Å². The van der Waals surface area contributed by atoms with Crippen LogP contribution in [0.3, 0.4) is 0 Å². The van der Waals surface area contributed by atoms with Gasteiger partial charge in [-0.25, -0.2) is 0 Å². The predicted molar refractivity (Wildman–Crippen MR) is 128 cm³/mol. The van der Waals surface area contributed by atoms with E-state index in [1.54, 1.807) is 48.4 Å². The molecule has 4 rings (SSSR count). The van der Waals surface area contributed by atoms with E-state index in [0.29, 0.717) is 22.1 Å². The molecule has 164 valence electrons. The zero-order valence-corrected chi connectivity index (χ0v) is 18.9. The minimum Gasteiger partial charge on any atom is -0.495 e. The summed E-state index contributed by atoms with van der Waals surface area (Å²) in [6, 6.07) is 21.0. The molecule has 3 aromatic rings. The van der Waals surface area contributed by atoms with Gasteiger partial charge in [0.15, 0.2) is 0 Å². The molecule has 1 atom stereocenters. The number of hydrogen-bond donors (Lipinski definition) is 0. The van der Waals surface area contributed by atoms with Crippen LogP contribution in [0, 0.1) is 0 Å². The van der Waals surface area contributed by atoms with Gasteiger partial charge in [0.2, 0.25) is 5.91 Å². The van der Waals surface area contributed by atoms with Crippen LogP contribution < -0.4 is 19.4 Å². The van der Waals surface area contributed by atoms with Crippen LogP contribution in [0.2, 0.25) is 5.02 Å². The number of anilines is 3. The fourth-order valence-electron chi connectivity index (χ4n) is 3.89. The summed E-state index contributed by atoms with van der Waals surface area (Å²) >= 11 is 6.06. The van der Waals surface area contributed by atoms with Gasteiger partial charge in [-0.05, 0) is 54.1 Å². The van der Waals surface area contributed by atoms with Crippen molar-refractivity contribution in [3.8, 4) is 5.75 Å². The first-order valence-corrected chi connectivity index (χ1v) is 10.6. The molecule has 2 amide bonds. The summed E-state index contributed by atoms with van der Waals surface area (Å²) in [5.41, 5.74) is 2.92. The van der Waals surface area contributed by atoms with Crippen LogP contribution in [-0.4, -0.2) is 39.6 Å². The summed E-state index contributed by atoms with van der Waals surface area (Å²) in [6.45, 7) is -0.0892. The van der Waals surface area contributed by atoms with Gasteiger partial charge >= 0.3 is 0 Å². The van der Waals surface area contributed by atoms with Gasteiger partial charge in [0.1, 0.15) is 18.3 Å². The van der Waals surface area contributed by atoms with E-state index in [4.69, 9.17) is 16.3 Å². The number of ether oxygens (including phenoxy) is 1. The van der Waals surface area contributed by atoms with Crippen LogP contribution in [0.15, 0.2) is 72.8 Å². The van der Waals surface area contributed by atoms with Crippen LogP contribution in [-0.2, 0) is 9.59 Å². The smallest absolute Gasteiger partial charge is 0.255 e. The molecule has 1 aliphatic heterocycles. The van der Waals surface area contributed by atoms with Crippen LogP contribution >= 0.6 is 11.6 Å². The zero-order valence-electron chi connectivity index (χ0n) is 18.2. The molecule has 3 aromatic carbocycles. The topological polar surface area (TPSA) is 53.1 Å². The fourth-order valence-corrected chi connectivity index (χ4v) is 4.02. The number of halogens is 1. The Morgan fingerprint density at radius 2 is 1.59 bits per heavy atom. The Balaban J connectivity index is 1.82. The van der Waals surface area contributed by atoms with Crippen molar-refractivity contribution in [2.75, 3.05) is 42.4 Å². The number of para-hydroxylation sites is 2. The Hall–Kier alpha value is -3.51. The maximum atomic E-state index is 13.8. The minimum atomic E-state index is -0.821. The molecular formula is C25H24ClN3O3. The molecule has 1 saturated heterocycles. The number of piperazine rings is 1. The van der Waals surface area contributed by atoms with Crippen molar-refractivity contribution in [1.29, 1.82) is 0 Å². The third-order valence-electron chi connectivity index (χ3n) is 5.53. The highest BCUT2D eigenvalue weighted by molar-refractivity contribution is 6.30. The van der Waals surface area contributed by atoms with E-state index in [9.17, 15) is 9.59 Å². The molecule has 1 aliphatic rings. The molecule has 0 aliphatic carbocycles. The molecule has 0 spiro atoms. The Bertz CT molecular complexity index is 1130. The summed E-state index contributed by atoms with van der Waals surface area (Å²) in [5, 5.41) is 0.562. The zero-order chi connectivity index (χ0) is 22.8. The Morgan fingerprint density at radius 3 is 2.22 bits per heavy atom. The monoisotopic (exact) mass is 449 g/mol. The van der Waals surface area contributed by atoms with Crippen molar-refractivity contribution in [2.45, 2.75) is 6.04 Å². The van der Waals surface area contributed by atoms with Crippen LogP contribution in [0.4, 0.5) is 17.1 Å². The van der Waals surface area contributed by atoms with E-state index in [-0.39, 0.29) is 18.4 Å². The number of methoxy groups -OCH3 is 1. The summed E-state index contributed by atoms with van der Waals surface area (Å²) in [7, 11) is 5.45. The van der Waals surface area contributed by atoms with E-state index < -0.39 is 6.04 Å². The number of carbonyl (C=O) groups is 2. The molecular weight excluding hydrogens is 426 g/mol. The average Bonchev–Trinajstić information content (AvgIpc) is 2.81. The van der Waals surface area contributed by atoms with Crippen molar-refractivity contribution >= 4 is 40.5 Å². The van der Waals surface area contributed by atoms with Gasteiger partial charge in [0.05, 0.1) is 12.8 Å². The molecule has 0 unspecified atom stereocenters. The maximum absolute atomic E-state index is 13.8.